The van der Waals surface area contributed by atoms with E-state index in [2.05, 4.69) is 4.72 Å². The second kappa shape index (κ2) is 7.40. The van der Waals surface area contributed by atoms with Gasteiger partial charge in [0.25, 0.3) is 0 Å². The van der Waals surface area contributed by atoms with Crippen molar-refractivity contribution in [2.75, 3.05) is 13.7 Å². The van der Waals surface area contributed by atoms with Gasteiger partial charge in [-0.05, 0) is 36.2 Å². The molecule has 0 fully saturated rings. The fraction of sp³-hybridized carbons (Fsp3) is 0.250. The largest absolute Gasteiger partial charge is 0.375 e. The summed E-state index contributed by atoms with van der Waals surface area (Å²) >= 11 is 5.63. The van der Waals surface area contributed by atoms with E-state index >= 15 is 0 Å². The van der Waals surface area contributed by atoms with Crippen molar-refractivity contribution in [2.45, 2.75) is 17.9 Å². The van der Waals surface area contributed by atoms with E-state index in [0.717, 1.165) is 23.3 Å². The van der Waals surface area contributed by atoms with Crippen LogP contribution in [0.25, 0.3) is 0 Å². The summed E-state index contributed by atoms with van der Waals surface area (Å²) in [5, 5.41) is -0.241. The molecule has 4 nitrogen and oxygen atoms in total. The van der Waals surface area contributed by atoms with Crippen LogP contribution in [0.3, 0.4) is 0 Å². The Morgan fingerprint density at radius 1 is 1.26 bits per heavy atom. The van der Waals surface area contributed by atoms with E-state index in [1.54, 1.807) is 0 Å². The number of methoxy groups -OCH3 is 1. The van der Waals surface area contributed by atoms with Crippen LogP contribution in [0.4, 0.5) is 4.39 Å². The van der Waals surface area contributed by atoms with Gasteiger partial charge in [0, 0.05) is 13.7 Å². The highest BCUT2D eigenvalue weighted by Gasteiger charge is 2.19. The van der Waals surface area contributed by atoms with Gasteiger partial charge < -0.3 is 4.74 Å². The molecule has 23 heavy (non-hydrogen) atoms. The van der Waals surface area contributed by atoms with Crippen molar-refractivity contribution in [3.8, 4) is 0 Å². The molecule has 124 valence electrons. The number of nitrogens with one attached hydrogen (secondary N) is 1. The van der Waals surface area contributed by atoms with Gasteiger partial charge in [-0.1, -0.05) is 35.9 Å². The molecule has 0 heterocycles. The normalized spacial score (nSPS) is 13.0. The molecule has 1 N–H and O–H groups in total. The molecule has 0 aliphatic rings. The molecule has 0 unspecified atom stereocenters. The first-order valence-corrected chi connectivity index (χ1v) is 8.74. The molecule has 0 spiro atoms. The van der Waals surface area contributed by atoms with Gasteiger partial charge in [0.15, 0.2) is 0 Å². The summed E-state index contributed by atoms with van der Waals surface area (Å²) in [5.41, 5.74) is 1.90. The smallest absolute Gasteiger partial charge is 0.240 e. The Labute approximate surface area is 140 Å². The summed E-state index contributed by atoms with van der Waals surface area (Å²) < 4.78 is 45.6. The third-order valence-electron chi connectivity index (χ3n) is 3.48. The molecule has 0 radical (unpaired) electrons. The number of hydrogen-bond acceptors (Lipinski definition) is 3. The van der Waals surface area contributed by atoms with Gasteiger partial charge in [-0.25, -0.2) is 17.5 Å². The van der Waals surface area contributed by atoms with Crippen LogP contribution in [0, 0.1) is 12.7 Å². The number of benzene rings is 2. The molecule has 1 atom stereocenters. The van der Waals surface area contributed by atoms with Crippen LogP contribution in [0.2, 0.25) is 5.02 Å². The number of rotatable bonds is 6. The Hall–Kier alpha value is -1.47. The number of ether oxygens (including phenoxy) is 1. The third kappa shape index (κ3) is 4.29. The van der Waals surface area contributed by atoms with Crippen molar-refractivity contribution >= 4 is 21.6 Å². The second-order valence-corrected chi connectivity index (χ2v) is 7.18. The molecule has 0 aromatic heterocycles. The molecular weight excluding hydrogens is 341 g/mol. The van der Waals surface area contributed by atoms with Crippen molar-refractivity contribution in [1.82, 2.24) is 4.72 Å². The molecule has 2 aromatic carbocycles. The first kappa shape index (κ1) is 17.9. The summed E-state index contributed by atoms with van der Waals surface area (Å²) in [6, 6.07) is 10.8. The maximum absolute atomic E-state index is 13.2. The Bertz CT molecular complexity index is 796. The summed E-state index contributed by atoms with van der Waals surface area (Å²) in [5.74, 6) is -0.666. The van der Waals surface area contributed by atoms with E-state index in [0.29, 0.717) is 0 Å². The Morgan fingerprint density at radius 3 is 2.57 bits per heavy atom. The van der Waals surface area contributed by atoms with Crippen molar-refractivity contribution in [3.05, 3.63) is 64.4 Å². The Kier molecular flexibility index (Phi) is 5.75. The van der Waals surface area contributed by atoms with Gasteiger partial charge in [-0.15, -0.1) is 0 Å². The fourth-order valence-corrected chi connectivity index (χ4v) is 3.48. The highest BCUT2D eigenvalue weighted by molar-refractivity contribution is 7.89. The van der Waals surface area contributed by atoms with Crippen LogP contribution in [0.15, 0.2) is 47.4 Å². The molecule has 0 amide bonds. The Balaban J connectivity index is 2.17. The van der Waals surface area contributed by atoms with Gasteiger partial charge >= 0.3 is 0 Å². The molecular formula is C16H17ClFNO3S. The topological polar surface area (TPSA) is 55.4 Å². The second-order valence-electron chi connectivity index (χ2n) is 5.01. The van der Waals surface area contributed by atoms with Crippen molar-refractivity contribution in [3.63, 3.8) is 0 Å². The Morgan fingerprint density at radius 2 is 1.96 bits per heavy atom. The van der Waals surface area contributed by atoms with Crippen LogP contribution in [-0.4, -0.2) is 22.1 Å². The van der Waals surface area contributed by atoms with E-state index in [4.69, 9.17) is 16.3 Å². The molecule has 0 saturated heterocycles. The summed E-state index contributed by atoms with van der Waals surface area (Å²) in [4.78, 5) is -0.0939. The molecule has 2 rings (SSSR count). The van der Waals surface area contributed by atoms with Gasteiger partial charge in [0.05, 0.1) is 16.0 Å². The van der Waals surface area contributed by atoms with Crippen LogP contribution in [0.5, 0.6) is 0 Å². The van der Waals surface area contributed by atoms with Crippen LogP contribution < -0.4 is 4.72 Å². The maximum Gasteiger partial charge on any atom is 0.240 e. The summed E-state index contributed by atoms with van der Waals surface area (Å²) in [7, 11) is -2.29. The average Bonchev–Trinajstić information content (AvgIpc) is 2.52. The molecule has 7 heteroatoms. The van der Waals surface area contributed by atoms with Gasteiger partial charge in [-0.2, -0.15) is 0 Å². The van der Waals surface area contributed by atoms with Gasteiger partial charge in [0.2, 0.25) is 10.0 Å². The van der Waals surface area contributed by atoms with Gasteiger partial charge in [-0.3, -0.25) is 0 Å². The standard InChI is InChI=1S/C16H17ClFNO3S/c1-11-5-3-4-6-13(11)16(22-2)10-19-23(20,21)12-7-8-15(18)14(17)9-12/h3-9,16,19H,10H2,1-2H3/t16-/m1/s1. The lowest BCUT2D eigenvalue weighted by Crippen LogP contribution is -2.29. The van der Waals surface area contributed by atoms with Crippen LogP contribution in [-0.2, 0) is 14.8 Å². The van der Waals surface area contributed by atoms with Crippen molar-refractivity contribution in [2.24, 2.45) is 0 Å². The van der Waals surface area contributed by atoms with Crippen molar-refractivity contribution < 1.29 is 17.5 Å². The predicted molar refractivity (Wildman–Crippen MR) is 87.5 cm³/mol. The number of sulfonamides is 1. The van der Waals surface area contributed by atoms with E-state index in [1.807, 2.05) is 31.2 Å². The van der Waals surface area contributed by atoms with Gasteiger partial charge in [0.1, 0.15) is 5.82 Å². The predicted octanol–water partition coefficient (Wildman–Crippen LogP) is 3.45. The number of aryl methyl sites for hydroxylation is 1. The van der Waals surface area contributed by atoms with Crippen LogP contribution in [0.1, 0.15) is 17.2 Å². The van der Waals surface area contributed by atoms with E-state index < -0.39 is 21.9 Å². The third-order valence-corrected chi connectivity index (χ3v) is 5.19. The zero-order chi connectivity index (χ0) is 17.0. The van der Waals surface area contributed by atoms with Crippen LogP contribution >= 0.6 is 11.6 Å². The summed E-state index contributed by atoms with van der Waals surface area (Å²) in [6.07, 6.45) is -0.429. The number of hydrogen-bond donors (Lipinski definition) is 1. The molecule has 2 aromatic rings. The lowest BCUT2D eigenvalue weighted by molar-refractivity contribution is 0.107. The highest BCUT2D eigenvalue weighted by Crippen LogP contribution is 2.22. The highest BCUT2D eigenvalue weighted by atomic mass is 35.5. The molecule has 0 saturated carbocycles. The van der Waals surface area contributed by atoms with Crippen molar-refractivity contribution in [1.29, 1.82) is 0 Å². The van der Waals surface area contributed by atoms with E-state index in [-0.39, 0.29) is 16.5 Å². The average molecular weight is 358 g/mol. The van der Waals surface area contributed by atoms with E-state index in [1.165, 1.54) is 13.2 Å². The lowest BCUT2D eigenvalue weighted by atomic mass is 10.0. The maximum atomic E-state index is 13.2. The molecule has 0 bridgehead atoms. The molecule has 0 aliphatic carbocycles. The fourth-order valence-electron chi connectivity index (χ4n) is 2.18. The lowest BCUT2D eigenvalue weighted by Gasteiger charge is -2.18. The minimum Gasteiger partial charge on any atom is -0.375 e. The first-order chi connectivity index (χ1) is 10.8. The monoisotopic (exact) mass is 357 g/mol. The zero-order valence-corrected chi connectivity index (χ0v) is 14.3. The first-order valence-electron chi connectivity index (χ1n) is 6.88. The minimum absolute atomic E-state index is 0.0542. The minimum atomic E-state index is -3.81. The number of halogens is 2. The summed E-state index contributed by atoms with van der Waals surface area (Å²) in [6.45, 7) is 1.98. The zero-order valence-electron chi connectivity index (χ0n) is 12.7. The SMILES string of the molecule is CO[C@H](CNS(=O)(=O)c1ccc(F)c(Cl)c1)c1ccccc1C. The molecule has 0 aliphatic heterocycles. The van der Waals surface area contributed by atoms with E-state index in [9.17, 15) is 12.8 Å². The quantitative estimate of drug-likeness (QED) is 0.861.